The van der Waals surface area contributed by atoms with E-state index in [4.69, 9.17) is 0 Å². The van der Waals surface area contributed by atoms with E-state index >= 15 is 0 Å². The van der Waals surface area contributed by atoms with Crippen LogP contribution in [0.15, 0.2) is 18.2 Å². The van der Waals surface area contributed by atoms with Gasteiger partial charge in [0.1, 0.15) is 0 Å². The van der Waals surface area contributed by atoms with Gasteiger partial charge >= 0.3 is 0 Å². The summed E-state index contributed by atoms with van der Waals surface area (Å²) in [6, 6.07) is 6.34. The molecule has 1 aliphatic rings. The Bertz CT molecular complexity index is 365. The van der Waals surface area contributed by atoms with E-state index in [1.54, 1.807) is 0 Å². The third-order valence-corrected chi connectivity index (χ3v) is 2.99. The van der Waals surface area contributed by atoms with E-state index in [1.807, 2.05) is 0 Å². The Labute approximate surface area is 85.1 Å². The molecule has 0 radical (unpaired) electrons. The van der Waals surface area contributed by atoms with Crippen LogP contribution in [-0.4, -0.2) is 5.78 Å². The molecule has 1 heteroatoms. The number of hydrogen-bond acceptors (Lipinski definition) is 1. The van der Waals surface area contributed by atoms with Crippen molar-refractivity contribution in [2.24, 2.45) is 5.92 Å². The molecule has 0 fully saturated rings. The maximum Gasteiger partial charge on any atom is 0.163 e. The highest BCUT2D eigenvalue weighted by Gasteiger charge is 2.21. The fourth-order valence-corrected chi connectivity index (χ4v) is 2.16. The van der Waals surface area contributed by atoms with Crippen LogP contribution in [0, 0.1) is 5.92 Å². The number of Topliss-reactive ketones (excluding diaryl/α,β-unsaturated/α-hetero) is 1. The van der Waals surface area contributed by atoms with Crippen molar-refractivity contribution in [3.8, 4) is 0 Å². The van der Waals surface area contributed by atoms with Gasteiger partial charge in [0.05, 0.1) is 0 Å². The van der Waals surface area contributed by atoms with E-state index in [2.05, 4.69) is 32.0 Å². The Hall–Kier alpha value is -1.11. The smallest absolute Gasteiger partial charge is 0.163 e. The minimum absolute atomic E-state index is 0.328. The molecule has 1 aliphatic carbocycles. The zero-order chi connectivity index (χ0) is 10.1. The lowest BCUT2D eigenvalue weighted by molar-refractivity contribution is 0.0953. The second-order valence-corrected chi connectivity index (χ2v) is 4.28. The predicted octanol–water partition coefficient (Wildman–Crippen LogP) is 3.01. The van der Waals surface area contributed by atoms with Crippen molar-refractivity contribution < 1.29 is 4.79 Å². The first kappa shape index (κ1) is 9.45. The lowest BCUT2D eigenvalue weighted by Crippen LogP contribution is -2.18. The van der Waals surface area contributed by atoms with Gasteiger partial charge in [0, 0.05) is 12.0 Å². The molecule has 1 atom stereocenters. The SMILES string of the molecule is CCc1ccc2c(c1)C(=O)CC(C)C2. The van der Waals surface area contributed by atoms with Crippen molar-refractivity contribution in [3.05, 3.63) is 34.9 Å². The fourth-order valence-electron chi connectivity index (χ4n) is 2.16. The lowest BCUT2D eigenvalue weighted by atomic mass is 9.83. The first-order valence-electron chi connectivity index (χ1n) is 5.35. The summed E-state index contributed by atoms with van der Waals surface area (Å²) in [4.78, 5) is 11.8. The number of fused-ring (bicyclic) bond motifs is 1. The van der Waals surface area contributed by atoms with Gasteiger partial charge in [0.25, 0.3) is 0 Å². The number of benzene rings is 1. The van der Waals surface area contributed by atoms with Gasteiger partial charge in [-0.2, -0.15) is 0 Å². The standard InChI is InChI=1S/C13H16O/c1-3-10-4-5-11-6-9(2)7-13(14)12(11)8-10/h4-5,8-9H,3,6-7H2,1-2H3. The summed E-state index contributed by atoms with van der Waals surface area (Å²) in [7, 11) is 0. The normalized spacial score (nSPS) is 20.7. The van der Waals surface area contributed by atoms with E-state index in [0.717, 1.165) is 24.8 Å². The van der Waals surface area contributed by atoms with E-state index in [-0.39, 0.29) is 0 Å². The summed E-state index contributed by atoms with van der Waals surface area (Å²) in [6.45, 7) is 4.27. The minimum Gasteiger partial charge on any atom is -0.294 e. The summed E-state index contributed by atoms with van der Waals surface area (Å²) in [5.41, 5.74) is 3.49. The molecule has 0 saturated carbocycles. The molecule has 0 N–H and O–H groups in total. The highest BCUT2D eigenvalue weighted by atomic mass is 16.1. The number of ketones is 1. The molecule has 1 unspecified atom stereocenters. The quantitative estimate of drug-likeness (QED) is 0.662. The number of carbonyl (C=O) groups is 1. The molecule has 74 valence electrons. The third kappa shape index (κ3) is 1.59. The van der Waals surface area contributed by atoms with Crippen molar-refractivity contribution >= 4 is 5.78 Å². The first-order chi connectivity index (χ1) is 6.70. The molecule has 0 bridgehead atoms. The molecule has 0 spiro atoms. The summed E-state index contributed by atoms with van der Waals surface area (Å²) in [6.07, 6.45) is 2.79. The van der Waals surface area contributed by atoms with Crippen LogP contribution in [0.25, 0.3) is 0 Å². The van der Waals surface area contributed by atoms with Crippen molar-refractivity contribution in [1.29, 1.82) is 0 Å². The van der Waals surface area contributed by atoms with Crippen molar-refractivity contribution in [2.75, 3.05) is 0 Å². The Morgan fingerprint density at radius 2 is 2.14 bits per heavy atom. The van der Waals surface area contributed by atoms with Gasteiger partial charge in [-0.05, 0) is 36.0 Å². The van der Waals surface area contributed by atoms with Crippen LogP contribution >= 0.6 is 0 Å². The second kappa shape index (κ2) is 3.56. The van der Waals surface area contributed by atoms with Crippen molar-refractivity contribution in [3.63, 3.8) is 0 Å². The molecule has 2 rings (SSSR count). The topological polar surface area (TPSA) is 17.1 Å². The lowest BCUT2D eigenvalue weighted by Gasteiger charge is -2.20. The Morgan fingerprint density at radius 1 is 1.36 bits per heavy atom. The van der Waals surface area contributed by atoms with Gasteiger partial charge in [-0.1, -0.05) is 26.0 Å². The maximum atomic E-state index is 11.8. The Balaban J connectivity index is 2.44. The molecule has 14 heavy (non-hydrogen) atoms. The average Bonchev–Trinajstić information content (AvgIpc) is 2.17. The third-order valence-electron chi connectivity index (χ3n) is 2.99. The summed E-state index contributed by atoms with van der Waals surface area (Å²) >= 11 is 0. The zero-order valence-corrected chi connectivity index (χ0v) is 8.84. The molecule has 1 aromatic carbocycles. The van der Waals surface area contributed by atoms with E-state index in [1.165, 1.54) is 11.1 Å². The molecular formula is C13H16O. The molecule has 1 nitrogen and oxygen atoms in total. The first-order valence-corrected chi connectivity index (χ1v) is 5.35. The molecule has 0 aliphatic heterocycles. The predicted molar refractivity (Wildman–Crippen MR) is 57.6 cm³/mol. The largest absolute Gasteiger partial charge is 0.294 e. The van der Waals surface area contributed by atoms with E-state index in [0.29, 0.717) is 11.7 Å². The fraction of sp³-hybridized carbons (Fsp3) is 0.462. The number of rotatable bonds is 1. The maximum absolute atomic E-state index is 11.8. The molecule has 0 aromatic heterocycles. The van der Waals surface area contributed by atoms with Crippen LogP contribution in [0.4, 0.5) is 0 Å². The number of aryl methyl sites for hydroxylation is 1. The van der Waals surface area contributed by atoms with Crippen LogP contribution in [-0.2, 0) is 12.8 Å². The van der Waals surface area contributed by atoms with Gasteiger partial charge in [-0.25, -0.2) is 0 Å². The summed E-state index contributed by atoms with van der Waals surface area (Å²) in [5, 5.41) is 0. The van der Waals surface area contributed by atoms with Crippen molar-refractivity contribution in [2.45, 2.75) is 33.1 Å². The minimum atomic E-state index is 0.328. The van der Waals surface area contributed by atoms with E-state index < -0.39 is 0 Å². The van der Waals surface area contributed by atoms with Crippen LogP contribution < -0.4 is 0 Å². The number of hydrogen-bond donors (Lipinski definition) is 0. The van der Waals surface area contributed by atoms with Gasteiger partial charge in [0.15, 0.2) is 5.78 Å². The summed E-state index contributed by atoms with van der Waals surface area (Å²) in [5.74, 6) is 0.844. The molecule has 0 saturated heterocycles. The highest BCUT2D eigenvalue weighted by molar-refractivity contribution is 5.98. The van der Waals surface area contributed by atoms with Gasteiger partial charge in [-0.15, -0.1) is 0 Å². The Morgan fingerprint density at radius 3 is 2.86 bits per heavy atom. The Kier molecular flexibility index (Phi) is 2.40. The second-order valence-electron chi connectivity index (χ2n) is 4.28. The van der Waals surface area contributed by atoms with Crippen LogP contribution in [0.1, 0.15) is 41.8 Å². The van der Waals surface area contributed by atoms with Gasteiger partial charge in [-0.3, -0.25) is 4.79 Å². The summed E-state index contributed by atoms with van der Waals surface area (Å²) < 4.78 is 0. The molecule has 1 aromatic rings. The van der Waals surface area contributed by atoms with Crippen molar-refractivity contribution in [1.82, 2.24) is 0 Å². The average molecular weight is 188 g/mol. The van der Waals surface area contributed by atoms with Crippen LogP contribution in [0.5, 0.6) is 0 Å². The van der Waals surface area contributed by atoms with E-state index in [9.17, 15) is 4.79 Å². The molecule has 0 heterocycles. The highest BCUT2D eigenvalue weighted by Crippen LogP contribution is 2.26. The van der Waals surface area contributed by atoms with Crippen LogP contribution in [0.3, 0.4) is 0 Å². The number of carbonyl (C=O) groups excluding carboxylic acids is 1. The molecule has 0 amide bonds. The monoisotopic (exact) mass is 188 g/mol. The zero-order valence-electron chi connectivity index (χ0n) is 8.84. The van der Waals surface area contributed by atoms with Crippen LogP contribution in [0.2, 0.25) is 0 Å². The molecular weight excluding hydrogens is 172 g/mol. The van der Waals surface area contributed by atoms with Gasteiger partial charge in [0.2, 0.25) is 0 Å². The van der Waals surface area contributed by atoms with Gasteiger partial charge < -0.3 is 0 Å².